The number of carbonyl (C=O) groups excluding carboxylic acids is 1. The Morgan fingerprint density at radius 2 is 2.21 bits per heavy atom. The number of hydrogen-bond donors (Lipinski definition) is 1. The Balaban J connectivity index is 2.47. The summed E-state index contributed by atoms with van der Waals surface area (Å²) in [5, 5.41) is 3.36. The highest BCUT2D eigenvalue weighted by Gasteiger charge is 2.17. The fraction of sp³-hybridized carbons (Fsp3) is 0.727. The molecule has 0 spiro atoms. The third-order valence-electron chi connectivity index (χ3n) is 2.50. The SMILES string of the molecule is COCC(NC1=CC(=O)CC1)C(C)C. The van der Waals surface area contributed by atoms with Crippen LogP contribution >= 0.6 is 0 Å². The van der Waals surface area contributed by atoms with Gasteiger partial charge >= 0.3 is 0 Å². The Bertz CT molecular complexity index is 233. The summed E-state index contributed by atoms with van der Waals surface area (Å²) < 4.78 is 5.13. The van der Waals surface area contributed by atoms with E-state index in [2.05, 4.69) is 19.2 Å². The molecule has 0 aromatic heterocycles. The van der Waals surface area contributed by atoms with Gasteiger partial charge in [-0.15, -0.1) is 0 Å². The summed E-state index contributed by atoms with van der Waals surface area (Å²) in [6, 6.07) is 0.303. The summed E-state index contributed by atoms with van der Waals surface area (Å²) in [5.74, 6) is 0.735. The highest BCUT2D eigenvalue weighted by atomic mass is 16.5. The molecule has 0 bridgehead atoms. The summed E-state index contributed by atoms with van der Waals surface area (Å²) in [4.78, 5) is 11.0. The quantitative estimate of drug-likeness (QED) is 0.725. The lowest BCUT2D eigenvalue weighted by atomic mass is 10.1. The monoisotopic (exact) mass is 197 g/mol. The van der Waals surface area contributed by atoms with Crippen molar-refractivity contribution in [3.8, 4) is 0 Å². The van der Waals surface area contributed by atoms with Crippen LogP contribution in [0.15, 0.2) is 11.8 Å². The number of allylic oxidation sites excluding steroid dienone is 2. The summed E-state index contributed by atoms with van der Waals surface area (Å²) in [6.45, 7) is 4.98. The number of hydrogen-bond acceptors (Lipinski definition) is 3. The van der Waals surface area contributed by atoms with Crippen molar-refractivity contribution >= 4 is 5.78 Å². The smallest absolute Gasteiger partial charge is 0.157 e. The van der Waals surface area contributed by atoms with Crippen molar-refractivity contribution in [1.82, 2.24) is 5.32 Å². The number of carbonyl (C=O) groups is 1. The van der Waals surface area contributed by atoms with Crippen LogP contribution in [-0.4, -0.2) is 25.5 Å². The second-order valence-corrected chi connectivity index (χ2v) is 4.09. The largest absolute Gasteiger partial charge is 0.383 e. The molecule has 0 heterocycles. The van der Waals surface area contributed by atoms with Gasteiger partial charge in [-0.3, -0.25) is 4.79 Å². The Morgan fingerprint density at radius 1 is 1.50 bits per heavy atom. The predicted octanol–water partition coefficient (Wildman–Crippen LogP) is 1.49. The average molecular weight is 197 g/mol. The van der Waals surface area contributed by atoms with Gasteiger partial charge in [-0.1, -0.05) is 13.8 Å². The van der Waals surface area contributed by atoms with E-state index in [1.54, 1.807) is 13.2 Å². The minimum atomic E-state index is 0.229. The van der Waals surface area contributed by atoms with E-state index in [9.17, 15) is 4.79 Å². The first-order valence-electron chi connectivity index (χ1n) is 5.12. The van der Waals surface area contributed by atoms with E-state index in [1.165, 1.54) is 0 Å². The zero-order valence-electron chi connectivity index (χ0n) is 9.17. The van der Waals surface area contributed by atoms with Crippen LogP contribution in [0.1, 0.15) is 26.7 Å². The molecule has 1 aliphatic rings. The molecule has 1 atom stereocenters. The normalized spacial score (nSPS) is 18.6. The van der Waals surface area contributed by atoms with Crippen molar-refractivity contribution in [1.29, 1.82) is 0 Å². The Morgan fingerprint density at radius 3 is 2.64 bits per heavy atom. The van der Waals surface area contributed by atoms with Gasteiger partial charge in [0.1, 0.15) is 0 Å². The van der Waals surface area contributed by atoms with Crippen molar-refractivity contribution in [3.63, 3.8) is 0 Å². The molecule has 1 N–H and O–H groups in total. The van der Waals surface area contributed by atoms with Crippen LogP contribution in [0.4, 0.5) is 0 Å². The van der Waals surface area contributed by atoms with Crippen LogP contribution in [0.2, 0.25) is 0 Å². The van der Waals surface area contributed by atoms with Crippen LogP contribution < -0.4 is 5.32 Å². The fourth-order valence-corrected chi connectivity index (χ4v) is 1.53. The molecule has 1 aliphatic carbocycles. The molecular weight excluding hydrogens is 178 g/mol. The van der Waals surface area contributed by atoms with E-state index in [0.29, 0.717) is 25.0 Å². The lowest BCUT2D eigenvalue weighted by molar-refractivity contribution is -0.114. The summed E-state index contributed by atoms with van der Waals surface area (Å²) >= 11 is 0. The first-order chi connectivity index (χ1) is 6.63. The van der Waals surface area contributed by atoms with E-state index < -0.39 is 0 Å². The van der Waals surface area contributed by atoms with Gasteiger partial charge in [0, 0.05) is 25.3 Å². The number of nitrogens with one attached hydrogen (secondary N) is 1. The molecule has 0 saturated heterocycles. The molecular formula is C11H19NO2. The highest BCUT2D eigenvalue weighted by Crippen LogP contribution is 2.14. The third kappa shape index (κ3) is 3.14. The van der Waals surface area contributed by atoms with E-state index in [4.69, 9.17) is 4.74 Å². The average Bonchev–Trinajstić information content (AvgIpc) is 2.50. The van der Waals surface area contributed by atoms with Crippen LogP contribution in [0.3, 0.4) is 0 Å². The van der Waals surface area contributed by atoms with Gasteiger partial charge in [0.05, 0.1) is 12.6 Å². The topological polar surface area (TPSA) is 38.3 Å². The van der Waals surface area contributed by atoms with Crippen molar-refractivity contribution in [2.45, 2.75) is 32.7 Å². The first kappa shape index (κ1) is 11.2. The van der Waals surface area contributed by atoms with Crippen LogP contribution in [0.5, 0.6) is 0 Å². The van der Waals surface area contributed by atoms with Crippen molar-refractivity contribution < 1.29 is 9.53 Å². The standard InChI is InChI=1S/C11H19NO2/c1-8(2)11(7-14-3)12-9-4-5-10(13)6-9/h6,8,11-12H,4-5,7H2,1-3H3. The van der Waals surface area contributed by atoms with Gasteiger partial charge in [-0.2, -0.15) is 0 Å². The van der Waals surface area contributed by atoms with Crippen molar-refractivity contribution in [2.75, 3.05) is 13.7 Å². The molecule has 0 aliphatic heterocycles. The molecule has 0 amide bonds. The van der Waals surface area contributed by atoms with Gasteiger partial charge in [0.15, 0.2) is 5.78 Å². The number of methoxy groups -OCH3 is 1. The van der Waals surface area contributed by atoms with Crippen LogP contribution in [0.25, 0.3) is 0 Å². The lowest BCUT2D eigenvalue weighted by Crippen LogP contribution is -2.36. The summed E-state index contributed by atoms with van der Waals surface area (Å²) in [6.07, 6.45) is 3.22. The molecule has 1 unspecified atom stereocenters. The minimum absolute atomic E-state index is 0.229. The molecule has 0 radical (unpaired) electrons. The molecule has 3 heteroatoms. The molecule has 0 fully saturated rings. The maximum atomic E-state index is 11.0. The Kier molecular flexibility index (Phi) is 4.14. The molecule has 0 aromatic carbocycles. The zero-order chi connectivity index (χ0) is 10.6. The van der Waals surface area contributed by atoms with Gasteiger partial charge in [0.2, 0.25) is 0 Å². The predicted molar refractivity (Wildman–Crippen MR) is 56.0 cm³/mol. The van der Waals surface area contributed by atoms with E-state index >= 15 is 0 Å². The van der Waals surface area contributed by atoms with E-state index in [-0.39, 0.29) is 5.78 Å². The van der Waals surface area contributed by atoms with Crippen LogP contribution in [-0.2, 0) is 9.53 Å². The van der Waals surface area contributed by atoms with Gasteiger partial charge in [0.25, 0.3) is 0 Å². The van der Waals surface area contributed by atoms with Gasteiger partial charge < -0.3 is 10.1 Å². The van der Waals surface area contributed by atoms with Crippen LogP contribution in [0, 0.1) is 5.92 Å². The highest BCUT2D eigenvalue weighted by molar-refractivity contribution is 5.92. The molecule has 1 rings (SSSR count). The first-order valence-corrected chi connectivity index (χ1v) is 5.12. The van der Waals surface area contributed by atoms with E-state index in [0.717, 1.165) is 12.1 Å². The summed E-state index contributed by atoms with van der Waals surface area (Å²) in [5.41, 5.74) is 1.06. The molecule has 0 aromatic rings. The molecule has 3 nitrogen and oxygen atoms in total. The second kappa shape index (κ2) is 5.15. The maximum absolute atomic E-state index is 11.0. The Hall–Kier alpha value is -0.830. The van der Waals surface area contributed by atoms with Gasteiger partial charge in [-0.25, -0.2) is 0 Å². The molecule has 0 saturated carbocycles. The van der Waals surface area contributed by atoms with E-state index in [1.807, 2.05) is 0 Å². The Labute approximate surface area is 85.5 Å². The number of ketones is 1. The van der Waals surface area contributed by atoms with Crippen molar-refractivity contribution in [3.05, 3.63) is 11.8 Å². The zero-order valence-corrected chi connectivity index (χ0v) is 9.17. The minimum Gasteiger partial charge on any atom is -0.383 e. The summed E-state index contributed by atoms with van der Waals surface area (Å²) in [7, 11) is 1.70. The lowest BCUT2D eigenvalue weighted by Gasteiger charge is -2.23. The molecule has 80 valence electrons. The maximum Gasteiger partial charge on any atom is 0.157 e. The molecule has 14 heavy (non-hydrogen) atoms. The number of ether oxygens (including phenoxy) is 1. The fourth-order valence-electron chi connectivity index (χ4n) is 1.53. The van der Waals surface area contributed by atoms with Gasteiger partial charge in [-0.05, 0) is 12.3 Å². The van der Waals surface area contributed by atoms with Crippen molar-refractivity contribution in [2.24, 2.45) is 5.92 Å². The second-order valence-electron chi connectivity index (χ2n) is 4.09. The third-order valence-corrected chi connectivity index (χ3v) is 2.50. The number of rotatable bonds is 5.